The van der Waals surface area contributed by atoms with Crippen molar-refractivity contribution in [2.24, 2.45) is 0 Å². The molecule has 0 amide bonds. The molecule has 1 aromatic heterocycles. The second-order valence-corrected chi connectivity index (χ2v) is 6.09. The number of hydrogen-bond donors (Lipinski definition) is 2. The van der Waals surface area contributed by atoms with Crippen LogP contribution in [0.3, 0.4) is 0 Å². The van der Waals surface area contributed by atoms with Crippen LogP contribution in [0.2, 0.25) is 0 Å². The standard InChI is InChI=1S/C19H21NO5/c1-9-6-7-14(8-15(9)22)19(24)25-13(5)18(23)17-10(2)16(12(4)21)11(3)20-17/h6-8,13,20,22H,1-5H3. The number of ketones is 2. The van der Waals surface area contributed by atoms with E-state index < -0.39 is 17.9 Å². The molecule has 0 saturated heterocycles. The molecule has 2 aromatic rings. The van der Waals surface area contributed by atoms with Crippen LogP contribution in [-0.4, -0.2) is 33.7 Å². The molecule has 0 fully saturated rings. The summed E-state index contributed by atoms with van der Waals surface area (Å²) in [5.41, 5.74) is 2.68. The van der Waals surface area contributed by atoms with E-state index in [1.54, 1.807) is 26.8 Å². The summed E-state index contributed by atoms with van der Waals surface area (Å²) in [6.45, 7) is 8.01. The van der Waals surface area contributed by atoms with E-state index in [-0.39, 0.29) is 22.8 Å². The van der Waals surface area contributed by atoms with E-state index in [0.717, 1.165) is 0 Å². The van der Waals surface area contributed by atoms with Crippen LogP contribution in [0, 0.1) is 20.8 Å². The SMILES string of the molecule is CC(=O)c1c(C)[nH]c(C(=O)C(C)OC(=O)c2ccc(C)c(O)c2)c1C. The average molecular weight is 343 g/mol. The number of phenols is 1. The van der Waals surface area contributed by atoms with E-state index in [9.17, 15) is 19.5 Å². The van der Waals surface area contributed by atoms with Gasteiger partial charge in [0.25, 0.3) is 0 Å². The number of carbonyl (C=O) groups is 3. The average Bonchev–Trinajstić information content (AvgIpc) is 2.83. The van der Waals surface area contributed by atoms with Crippen molar-refractivity contribution in [3.63, 3.8) is 0 Å². The number of aryl methyl sites for hydroxylation is 2. The predicted molar refractivity (Wildman–Crippen MR) is 92.3 cm³/mol. The van der Waals surface area contributed by atoms with Gasteiger partial charge in [-0.15, -0.1) is 0 Å². The molecule has 1 atom stereocenters. The van der Waals surface area contributed by atoms with Crippen molar-refractivity contribution in [3.05, 3.63) is 51.8 Å². The molecule has 0 bridgehead atoms. The maximum Gasteiger partial charge on any atom is 0.338 e. The van der Waals surface area contributed by atoms with Gasteiger partial charge in [0.1, 0.15) is 5.75 Å². The van der Waals surface area contributed by atoms with Crippen molar-refractivity contribution in [2.75, 3.05) is 0 Å². The summed E-state index contributed by atoms with van der Waals surface area (Å²) in [4.78, 5) is 39.3. The van der Waals surface area contributed by atoms with Gasteiger partial charge in [-0.1, -0.05) is 6.07 Å². The Labute approximate surface area is 145 Å². The number of H-pyrrole nitrogens is 1. The Morgan fingerprint density at radius 2 is 1.80 bits per heavy atom. The molecule has 1 aromatic carbocycles. The van der Waals surface area contributed by atoms with E-state index in [0.29, 0.717) is 22.4 Å². The second-order valence-electron chi connectivity index (χ2n) is 6.09. The number of aromatic amines is 1. The first-order valence-corrected chi connectivity index (χ1v) is 7.88. The number of hydrogen-bond acceptors (Lipinski definition) is 5. The summed E-state index contributed by atoms with van der Waals surface area (Å²) < 4.78 is 5.21. The number of aromatic hydroxyl groups is 1. The van der Waals surface area contributed by atoms with Crippen LogP contribution < -0.4 is 0 Å². The van der Waals surface area contributed by atoms with Crippen LogP contribution >= 0.6 is 0 Å². The minimum atomic E-state index is -1.03. The Morgan fingerprint density at radius 1 is 1.16 bits per heavy atom. The third-order valence-corrected chi connectivity index (χ3v) is 4.13. The molecule has 2 rings (SSSR count). The van der Waals surface area contributed by atoms with Crippen LogP contribution in [0.4, 0.5) is 0 Å². The number of ether oxygens (including phenoxy) is 1. The van der Waals surface area contributed by atoms with Gasteiger partial charge in [0.2, 0.25) is 5.78 Å². The van der Waals surface area contributed by atoms with Crippen molar-refractivity contribution in [3.8, 4) is 5.75 Å². The summed E-state index contributed by atoms with van der Waals surface area (Å²) in [5, 5.41) is 9.68. The number of carbonyl (C=O) groups excluding carboxylic acids is 3. The van der Waals surface area contributed by atoms with Gasteiger partial charge in [-0.05, 0) is 57.9 Å². The molecule has 6 heteroatoms. The zero-order valence-electron chi connectivity index (χ0n) is 14.9. The molecule has 2 N–H and O–H groups in total. The molecular formula is C19H21NO5. The lowest BCUT2D eigenvalue weighted by molar-refractivity contribution is 0.0316. The van der Waals surface area contributed by atoms with Gasteiger partial charge in [0, 0.05) is 11.3 Å². The fourth-order valence-electron chi connectivity index (χ4n) is 2.75. The molecule has 0 aliphatic rings. The molecular weight excluding hydrogens is 322 g/mol. The molecule has 6 nitrogen and oxygen atoms in total. The summed E-state index contributed by atoms with van der Waals surface area (Å²) >= 11 is 0. The predicted octanol–water partition coefficient (Wildman–Crippen LogP) is 3.28. The highest BCUT2D eigenvalue weighted by atomic mass is 16.5. The monoisotopic (exact) mass is 343 g/mol. The Hall–Kier alpha value is -2.89. The lowest BCUT2D eigenvalue weighted by Gasteiger charge is -2.12. The van der Waals surface area contributed by atoms with Gasteiger partial charge >= 0.3 is 5.97 Å². The topological polar surface area (TPSA) is 96.5 Å². The van der Waals surface area contributed by atoms with Crippen molar-refractivity contribution in [2.45, 2.75) is 40.7 Å². The van der Waals surface area contributed by atoms with E-state index in [4.69, 9.17) is 4.74 Å². The number of esters is 1. The van der Waals surface area contributed by atoms with Crippen molar-refractivity contribution < 1.29 is 24.2 Å². The number of rotatable bonds is 5. The van der Waals surface area contributed by atoms with Crippen LogP contribution in [0.25, 0.3) is 0 Å². The number of phenolic OH excluding ortho intramolecular Hbond substituents is 1. The minimum absolute atomic E-state index is 0.0182. The maximum atomic E-state index is 12.6. The van der Waals surface area contributed by atoms with E-state index in [1.165, 1.54) is 26.0 Å². The first kappa shape index (κ1) is 18.4. The van der Waals surface area contributed by atoms with Gasteiger partial charge in [-0.2, -0.15) is 0 Å². The summed E-state index contributed by atoms with van der Waals surface area (Å²) in [6, 6.07) is 4.41. The molecule has 25 heavy (non-hydrogen) atoms. The number of benzene rings is 1. The minimum Gasteiger partial charge on any atom is -0.508 e. The zero-order chi connectivity index (χ0) is 18.9. The maximum absolute atomic E-state index is 12.6. The molecule has 0 aliphatic heterocycles. The highest BCUT2D eigenvalue weighted by Gasteiger charge is 2.26. The highest BCUT2D eigenvalue weighted by Crippen LogP contribution is 2.22. The fourth-order valence-corrected chi connectivity index (χ4v) is 2.75. The largest absolute Gasteiger partial charge is 0.508 e. The van der Waals surface area contributed by atoms with Crippen LogP contribution in [0.1, 0.15) is 61.9 Å². The van der Waals surface area contributed by atoms with Crippen LogP contribution in [0.15, 0.2) is 18.2 Å². The van der Waals surface area contributed by atoms with E-state index in [1.807, 2.05) is 0 Å². The smallest absolute Gasteiger partial charge is 0.338 e. The molecule has 1 heterocycles. The summed E-state index contributed by atoms with van der Waals surface area (Å²) in [6.07, 6.45) is -1.03. The first-order chi connectivity index (χ1) is 11.6. The third kappa shape index (κ3) is 3.63. The Morgan fingerprint density at radius 3 is 2.32 bits per heavy atom. The lowest BCUT2D eigenvalue weighted by atomic mass is 10.0. The first-order valence-electron chi connectivity index (χ1n) is 7.88. The number of Topliss-reactive ketones (excluding diaryl/α,β-unsaturated/α-hetero) is 2. The quantitative estimate of drug-likeness (QED) is 0.641. The molecule has 0 radical (unpaired) electrons. The van der Waals surface area contributed by atoms with E-state index in [2.05, 4.69) is 4.98 Å². The molecule has 0 aliphatic carbocycles. The van der Waals surface area contributed by atoms with Gasteiger partial charge in [0.05, 0.1) is 11.3 Å². The van der Waals surface area contributed by atoms with Crippen molar-refractivity contribution in [1.29, 1.82) is 0 Å². The van der Waals surface area contributed by atoms with E-state index >= 15 is 0 Å². The second kappa shape index (κ2) is 6.93. The molecule has 0 saturated carbocycles. The molecule has 132 valence electrons. The normalized spacial score (nSPS) is 11.9. The van der Waals surface area contributed by atoms with Crippen molar-refractivity contribution >= 4 is 17.5 Å². The highest BCUT2D eigenvalue weighted by molar-refractivity contribution is 6.05. The van der Waals surface area contributed by atoms with Crippen molar-refractivity contribution in [1.82, 2.24) is 4.98 Å². The molecule has 1 unspecified atom stereocenters. The Bertz CT molecular complexity index is 863. The van der Waals surface area contributed by atoms with Crippen LogP contribution in [-0.2, 0) is 4.74 Å². The van der Waals surface area contributed by atoms with Gasteiger partial charge < -0.3 is 14.8 Å². The number of aromatic nitrogens is 1. The van der Waals surface area contributed by atoms with Gasteiger partial charge in [-0.3, -0.25) is 9.59 Å². The Balaban J connectivity index is 2.20. The van der Waals surface area contributed by atoms with Gasteiger partial charge in [0.15, 0.2) is 11.9 Å². The molecule has 0 spiro atoms. The van der Waals surface area contributed by atoms with Crippen LogP contribution in [0.5, 0.6) is 5.75 Å². The fraction of sp³-hybridized carbons (Fsp3) is 0.316. The summed E-state index contributed by atoms with van der Waals surface area (Å²) in [7, 11) is 0. The lowest BCUT2D eigenvalue weighted by Crippen LogP contribution is -2.25. The summed E-state index contributed by atoms with van der Waals surface area (Å²) in [5.74, 6) is -1.28. The third-order valence-electron chi connectivity index (χ3n) is 4.13. The van der Waals surface area contributed by atoms with Gasteiger partial charge in [-0.25, -0.2) is 4.79 Å². The number of nitrogens with one attached hydrogen (secondary N) is 1. The zero-order valence-corrected chi connectivity index (χ0v) is 14.9. The Kier molecular flexibility index (Phi) is 5.11.